The monoisotopic (exact) mass is 460 g/mol. The minimum Gasteiger partial charge on any atom is -0.366 e. The molecule has 0 aromatic heterocycles. The first-order valence-corrected chi connectivity index (χ1v) is 11.9. The number of benzene rings is 3. The summed E-state index contributed by atoms with van der Waals surface area (Å²) in [5.41, 5.74) is 11.2. The Morgan fingerprint density at radius 3 is 2.36 bits per heavy atom. The predicted octanol–water partition coefficient (Wildman–Crippen LogP) is 3.11. The van der Waals surface area contributed by atoms with Gasteiger partial charge in [-0.1, -0.05) is 60.7 Å². The quantitative estimate of drug-likeness (QED) is 0.295. The fourth-order valence-corrected chi connectivity index (χ4v) is 5.22. The Hall–Kier alpha value is -3.75. The fraction of sp³-hybridized carbons (Fsp3) is 0.120. The van der Waals surface area contributed by atoms with E-state index in [0.29, 0.717) is 17.6 Å². The van der Waals surface area contributed by atoms with Crippen molar-refractivity contribution >= 4 is 27.7 Å². The first kappa shape index (κ1) is 22.4. The molecule has 0 aliphatic heterocycles. The number of allylic oxidation sites excluding steroid dienone is 1. The number of hydrogen-bond donors (Lipinski definition) is 3. The Kier molecular flexibility index (Phi) is 6.13. The number of rotatable bonds is 6. The van der Waals surface area contributed by atoms with Crippen LogP contribution in [0.4, 0.5) is 0 Å². The number of hydrazone groups is 1. The third-order valence-electron chi connectivity index (χ3n) is 5.89. The maximum Gasteiger partial charge on any atom is 0.244 e. The number of hydrogen-bond acceptors (Lipinski definition) is 5. The molecule has 1 aliphatic carbocycles. The maximum atomic E-state index is 12.2. The van der Waals surface area contributed by atoms with Crippen molar-refractivity contribution in [2.75, 3.05) is 0 Å². The molecule has 0 saturated carbocycles. The van der Waals surface area contributed by atoms with Gasteiger partial charge in [0.05, 0.1) is 11.1 Å². The number of primary sulfonamides is 1. The molecule has 0 heterocycles. The van der Waals surface area contributed by atoms with Gasteiger partial charge in [-0.25, -0.2) is 13.6 Å². The van der Waals surface area contributed by atoms with E-state index in [9.17, 15) is 13.2 Å². The van der Waals surface area contributed by atoms with Crippen LogP contribution in [-0.4, -0.2) is 20.5 Å². The van der Waals surface area contributed by atoms with Crippen LogP contribution < -0.4 is 16.7 Å². The zero-order chi connectivity index (χ0) is 23.6. The Balaban J connectivity index is 1.75. The van der Waals surface area contributed by atoms with Crippen molar-refractivity contribution in [3.05, 3.63) is 95.1 Å². The van der Waals surface area contributed by atoms with Gasteiger partial charge in [-0.3, -0.25) is 4.79 Å². The number of nitrogens with two attached hydrogens (primary N) is 3. The minimum absolute atomic E-state index is 0.0277. The van der Waals surface area contributed by atoms with E-state index in [4.69, 9.17) is 16.7 Å². The van der Waals surface area contributed by atoms with Crippen LogP contribution in [0.2, 0.25) is 0 Å². The SMILES string of the molecule is NN=Cc1cccc(C2=C(C(N)=O)CCC2c2ccc(-c3ccccc3S(N)(=O)=O)cc2)c1. The summed E-state index contributed by atoms with van der Waals surface area (Å²) in [5, 5.41) is 8.97. The average Bonchev–Trinajstić information content (AvgIpc) is 3.25. The second kappa shape index (κ2) is 9.01. The summed E-state index contributed by atoms with van der Waals surface area (Å²) < 4.78 is 24.0. The van der Waals surface area contributed by atoms with Gasteiger partial charge in [-0.15, -0.1) is 0 Å². The number of nitrogens with zero attached hydrogens (tertiary/aromatic N) is 1. The molecule has 6 N–H and O–H groups in total. The highest BCUT2D eigenvalue weighted by molar-refractivity contribution is 7.89. The third kappa shape index (κ3) is 4.57. The van der Waals surface area contributed by atoms with Gasteiger partial charge in [0, 0.05) is 17.1 Å². The zero-order valence-electron chi connectivity index (χ0n) is 17.8. The molecule has 1 unspecified atom stereocenters. The normalized spacial score (nSPS) is 16.5. The standard InChI is InChI=1S/C25H24N4O3S/c26-25(30)22-13-12-21(24(22)19-5-3-4-16(14-19)15-29-27)18-10-8-17(9-11-18)20-6-1-2-7-23(20)33(28,31)32/h1-11,14-15,21H,12-13,27H2,(H2,26,30)(H2,28,31,32). The maximum absolute atomic E-state index is 12.2. The van der Waals surface area contributed by atoms with E-state index < -0.39 is 15.9 Å². The van der Waals surface area contributed by atoms with Gasteiger partial charge >= 0.3 is 0 Å². The second-order valence-electron chi connectivity index (χ2n) is 7.91. The van der Waals surface area contributed by atoms with E-state index in [0.717, 1.165) is 34.2 Å². The van der Waals surface area contributed by atoms with Crippen molar-refractivity contribution in [3.63, 3.8) is 0 Å². The van der Waals surface area contributed by atoms with Gasteiger partial charge in [-0.2, -0.15) is 5.10 Å². The lowest BCUT2D eigenvalue weighted by molar-refractivity contribution is -0.114. The molecule has 1 aliphatic rings. The number of carbonyl (C=O) groups excluding carboxylic acids is 1. The van der Waals surface area contributed by atoms with E-state index in [2.05, 4.69) is 5.10 Å². The van der Waals surface area contributed by atoms with Gasteiger partial charge in [0.1, 0.15) is 0 Å². The van der Waals surface area contributed by atoms with Crippen LogP contribution in [0.25, 0.3) is 16.7 Å². The zero-order valence-corrected chi connectivity index (χ0v) is 18.6. The molecule has 3 aromatic rings. The summed E-state index contributed by atoms with van der Waals surface area (Å²) in [4.78, 5) is 12.3. The smallest absolute Gasteiger partial charge is 0.244 e. The third-order valence-corrected chi connectivity index (χ3v) is 6.86. The van der Waals surface area contributed by atoms with Crippen molar-refractivity contribution in [2.45, 2.75) is 23.7 Å². The Labute approximate surface area is 192 Å². The van der Waals surface area contributed by atoms with Crippen LogP contribution in [0.5, 0.6) is 0 Å². The predicted molar refractivity (Wildman–Crippen MR) is 130 cm³/mol. The lowest BCUT2D eigenvalue weighted by atomic mass is 9.86. The molecule has 0 saturated heterocycles. The molecule has 168 valence electrons. The lowest BCUT2D eigenvalue weighted by Crippen LogP contribution is -2.14. The van der Waals surface area contributed by atoms with Crippen molar-refractivity contribution in [1.29, 1.82) is 0 Å². The van der Waals surface area contributed by atoms with Crippen LogP contribution in [0.3, 0.4) is 0 Å². The van der Waals surface area contributed by atoms with Crippen molar-refractivity contribution in [3.8, 4) is 11.1 Å². The minimum atomic E-state index is -3.86. The van der Waals surface area contributed by atoms with Crippen LogP contribution >= 0.6 is 0 Å². The summed E-state index contributed by atoms with van der Waals surface area (Å²) in [7, 11) is -3.86. The van der Waals surface area contributed by atoms with Gasteiger partial charge in [0.15, 0.2) is 0 Å². The summed E-state index contributed by atoms with van der Waals surface area (Å²) in [6, 6.07) is 21.9. The van der Waals surface area contributed by atoms with Gasteiger partial charge in [-0.05, 0) is 52.8 Å². The highest BCUT2D eigenvalue weighted by Crippen LogP contribution is 2.45. The molecule has 3 aromatic carbocycles. The van der Waals surface area contributed by atoms with E-state index in [1.165, 1.54) is 6.07 Å². The molecular formula is C25H24N4O3S. The fourth-order valence-electron chi connectivity index (χ4n) is 4.46. The molecule has 0 bridgehead atoms. The Bertz CT molecular complexity index is 1380. The number of primary amides is 1. The van der Waals surface area contributed by atoms with Crippen LogP contribution in [0.15, 0.2) is 88.4 Å². The topological polar surface area (TPSA) is 142 Å². The second-order valence-corrected chi connectivity index (χ2v) is 9.44. The van der Waals surface area contributed by atoms with E-state index >= 15 is 0 Å². The summed E-state index contributed by atoms with van der Waals surface area (Å²) in [6.07, 6.45) is 2.88. The first-order valence-electron chi connectivity index (χ1n) is 10.4. The van der Waals surface area contributed by atoms with Crippen molar-refractivity contribution < 1.29 is 13.2 Å². The van der Waals surface area contributed by atoms with Gasteiger partial charge in [0.25, 0.3) is 0 Å². The van der Waals surface area contributed by atoms with Crippen molar-refractivity contribution in [1.82, 2.24) is 0 Å². The molecule has 0 radical (unpaired) electrons. The largest absolute Gasteiger partial charge is 0.366 e. The van der Waals surface area contributed by atoms with Crippen LogP contribution in [0, 0.1) is 0 Å². The summed E-state index contributed by atoms with van der Waals surface area (Å²) in [6.45, 7) is 0. The van der Waals surface area contributed by atoms with Gasteiger partial charge in [0.2, 0.25) is 15.9 Å². The first-order chi connectivity index (χ1) is 15.8. The Morgan fingerprint density at radius 2 is 1.70 bits per heavy atom. The number of carbonyl (C=O) groups is 1. The van der Waals surface area contributed by atoms with Crippen LogP contribution in [0.1, 0.15) is 35.4 Å². The Morgan fingerprint density at radius 1 is 0.970 bits per heavy atom. The molecule has 0 fully saturated rings. The van der Waals surface area contributed by atoms with E-state index in [-0.39, 0.29) is 10.8 Å². The molecule has 33 heavy (non-hydrogen) atoms. The average molecular weight is 461 g/mol. The van der Waals surface area contributed by atoms with E-state index in [1.54, 1.807) is 24.4 Å². The molecule has 0 spiro atoms. The lowest BCUT2D eigenvalue weighted by Gasteiger charge is -2.18. The molecule has 8 heteroatoms. The molecule has 4 rings (SSSR count). The van der Waals surface area contributed by atoms with Gasteiger partial charge < -0.3 is 11.6 Å². The molecule has 1 amide bonds. The van der Waals surface area contributed by atoms with E-state index in [1.807, 2.05) is 48.5 Å². The molecular weight excluding hydrogens is 436 g/mol. The molecule has 1 atom stereocenters. The highest BCUT2D eigenvalue weighted by Gasteiger charge is 2.30. The number of amides is 1. The molecule has 7 nitrogen and oxygen atoms in total. The highest BCUT2D eigenvalue weighted by atomic mass is 32.2. The van der Waals surface area contributed by atoms with Crippen molar-refractivity contribution in [2.24, 2.45) is 21.8 Å². The number of sulfonamides is 1. The van der Waals surface area contributed by atoms with Crippen LogP contribution in [-0.2, 0) is 14.8 Å². The summed E-state index contributed by atoms with van der Waals surface area (Å²) >= 11 is 0. The summed E-state index contributed by atoms with van der Waals surface area (Å²) in [5.74, 6) is 4.84.